The van der Waals surface area contributed by atoms with E-state index in [1.54, 1.807) is 0 Å². The van der Waals surface area contributed by atoms with Crippen molar-refractivity contribution in [2.24, 2.45) is 45.3 Å². The maximum absolute atomic E-state index is 14.1. The second kappa shape index (κ2) is 19.7. The molecule has 4 saturated carbocycles. The van der Waals surface area contributed by atoms with Crippen LogP contribution in [0.1, 0.15) is 126 Å². The largest absolute Gasteiger partial charge is 0.388 e. The predicted molar refractivity (Wildman–Crippen MR) is 238 cm³/mol. The van der Waals surface area contributed by atoms with Crippen LogP contribution in [0.4, 0.5) is 0 Å². The molecular weight excluding hydrogens is 873 g/mol. The van der Waals surface area contributed by atoms with Crippen molar-refractivity contribution < 1.29 is 83.5 Å². The normalized spacial score (nSPS) is 53.0. The number of hydrogen-bond acceptors (Lipinski definition) is 17. The van der Waals surface area contributed by atoms with Gasteiger partial charge in [0, 0.05) is 18.4 Å². The Bertz CT molecular complexity index is 1750. The van der Waals surface area contributed by atoms with E-state index in [2.05, 4.69) is 54.5 Å². The minimum absolute atomic E-state index is 0.0128. The Kier molecular flexibility index (Phi) is 15.3. The summed E-state index contributed by atoms with van der Waals surface area (Å²) >= 11 is 0. The van der Waals surface area contributed by atoms with Crippen LogP contribution in [0.5, 0.6) is 0 Å². The van der Waals surface area contributed by atoms with Gasteiger partial charge in [-0.3, -0.25) is 0 Å². The van der Waals surface area contributed by atoms with E-state index >= 15 is 0 Å². The lowest BCUT2D eigenvalue weighted by molar-refractivity contribution is -0.383. The lowest BCUT2D eigenvalue weighted by Crippen LogP contribution is -2.67. The first kappa shape index (κ1) is 52.1. The molecular formula is C50H82O17. The van der Waals surface area contributed by atoms with Crippen LogP contribution < -0.4 is 0 Å². The van der Waals surface area contributed by atoms with Crippen LogP contribution in [0.3, 0.4) is 0 Å². The monoisotopic (exact) mass is 955 g/mol. The number of hydrogen-bond donors (Lipinski definition) is 8. The molecule has 24 atom stereocenters. The Balaban J connectivity index is 1.04. The van der Waals surface area contributed by atoms with Gasteiger partial charge in [-0.2, -0.15) is 0 Å². The number of allylic oxidation sites excluding steroid dienone is 1. The van der Waals surface area contributed by atoms with Crippen molar-refractivity contribution in [3.05, 3.63) is 11.6 Å². The van der Waals surface area contributed by atoms with Crippen molar-refractivity contribution in [1.82, 2.24) is 0 Å². The number of aliphatic hydroxyl groups is 8. The van der Waals surface area contributed by atoms with Crippen molar-refractivity contribution in [3.63, 3.8) is 0 Å². The topological polar surface area (TPSA) is 253 Å². The molecule has 17 nitrogen and oxygen atoms in total. The number of fused-ring (bicyclic) bond motifs is 5. The number of aliphatic hydroxyl groups excluding tert-OH is 7. The highest BCUT2D eigenvalue weighted by Gasteiger charge is 2.72. The molecule has 384 valence electrons. The SMILES string of the molecule is CCCCO[C@H]1O[C@H](C=C(C)C)C[C@@]1(O)[C@H]1CC[C@]2(C)[C@@H]1CC[C@@H]1[C@@]3(C=O)CC[C@H](O[C@@H]4OC[C@H](O)[C@H](O[C@@H]5OC[C@@H](O)[C@H](O)[C@H]5O)[C@H]4O[C@@H]4O[C@@H](C)[C@H](O)[C@@H](O)[C@H]4O)C(C)(C)[C@@H]3CC[C@]12C. The Morgan fingerprint density at radius 1 is 0.687 bits per heavy atom. The highest BCUT2D eigenvalue weighted by atomic mass is 16.8. The number of carbonyl (C=O) groups excluding carboxylic acids is 1. The molecule has 8 N–H and O–H groups in total. The quantitative estimate of drug-likeness (QED) is 0.0572. The minimum Gasteiger partial charge on any atom is -0.388 e. The lowest BCUT2D eigenvalue weighted by atomic mass is 9.35. The van der Waals surface area contributed by atoms with Crippen LogP contribution >= 0.6 is 0 Å². The van der Waals surface area contributed by atoms with Gasteiger partial charge in [0.05, 0.1) is 31.5 Å². The highest BCUT2D eigenvalue weighted by molar-refractivity contribution is 5.62. The average Bonchev–Trinajstić information content (AvgIpc) is 3.80. The van der Waals surface area contributed by atoms with Crippen molar-refractivity contribution in [2.75, 3.05) is 19.8 Å². The van der Waals surface area contributed by atoms with Gasteiger partial charge in [-0.05, 0) is 118 Å². The molecule has 8 fully saturated rings. The number of unbranched alkanes of at least 4 members (excludes halogenated alkanes) is 1. The van der Waals surface area contributed by atoms with E-state index in [1.807, 2.05) is 0 Å². The predicted octanol–water partition coefficient (Wildman–Crippen LogP) is 2.62. The summed E-state index contributed by atoms with van der Waals surface area (Å²) in [5, 5.41) is 87.8. The van der Waals surface area contributed by atoms with Gasteiger partial charge < -0.3 is 83.5 Å². The Morgan fingerprint density at radius 3 is 2.06 bits per heavy atom. The second-order valence-corrected chi connectivity index (χ2v) is 23.1. The van der Waals surface area contributed by atoms with E-state index in [4.69, 9.17) is 37.9 Å². The average molecular weight is 955 g/mol. The first-order valence-corrected chi connectivity index (χ1v) is 25.3. The maximum Gasteiger partial charge on any atom is 0.187 e. The summed E-state index contributed by atoms with van der Waals surface area (Å²) in [5.74, 6) is 0.207. The third-order valence-corrected chi connectivity index (χ3v) is 18.9. The van der Waals surface area contributed by atoms with Crippen molar-refractivity contribution >= 4 is 6.29 Å². The summed E-state index contributed by atoms with van der Waals surface area (Å²) in [6, 6.07) is 0. The second-order valence-electron chi connectivity index (χ2n) is 23.1. The number of carbonyl (C=O) groups is 1. The zero-order valence-electron chi connectivity index (χ0n) is 40.9. The fourth-order valence-electron chi connectivity index (χ4n) is 15.0. The van der Waals surface area contributed by atoms with E-state index in [1.165, 1.54) is 13.2 Å². The minimum atomic E-state index is -1.72. The van der Waals surface area contributed by atoms with E-state index in [0.29, 0.717) is 25.9 Å². The first-order valence-electron chi connectivity index (χ1n) is 25.3. The molecule has 4 aliphatic carbocycles. The van der Waals surface area contributed by atoms with Gasteiger partial charge in [0.2, 0.25) is 0 Å². The summed E-state index contributed by atoms with van der Waals surface area (Å²) in [6.45, 7) is 16.7. The van der Waals surface area contributed by atoms with Gasteiger partial charge in [0.25, 0.3) is 0 Å². The van der Waals surface area contributed by atoms with Gasteiger partial charge in [0.1, 0.15) is 66.8 Å². The fraction of sp³-hybridized carbons (Fsp3) is 0.940. The number of aldehydes is 1. The zero-order chi connectivity index (χ0) is 48.6. The zero-order valence-corrected chi connectivity index (χ0v) is 40.9. The molecule has 17 heteroatoms. The first-order chi connectivity index (χ1) is 31.6. The molecule has 8 rings (SSSR count). The molecule has 0 aromatic heterocycles. The molecule has 67 heavy (non-hydrogen) atoms. The molecule has 0 aromatic rings. The molecule has 0 amide bonds. The Morgan fingerprint density at radius 2 is 1.36 bits per heavy atom. The fourth-order valence-corrected chi connectivity index (χ4v) is 15.0. The van der Waals surface area contributed by atoms with E-state index < -0.39 is 109 Å². The van der Waals surface area contributed by atoms with E-state index in [0.717, 1.165) is 56.9 Å². The van der Waals surface area contributed by atoms with Gasteiger partial charge >= 0.3 is 0 Å². The number of ether oxygens (including phenoxy) is 8. The molecule has 4 aliphatic heterocycles. The van der Waals surface area contributed by atoms with Gasteiger partial charge in [-0.15, -0.1) is 0 Å². The van der Waals surface area contributed by atoms with Gasteiger partial charge in [-0.25, -0.2) is 0 Å². The van der Waals surface area contributed by atoms with Crippen molar-refractivity contribution in [3.8, 4) is 0 Å². The maximum atomic E-state index is 14.1. The smallest absolute Gasteiger partial charge is 0.187 e. The summed E-state index contributed by atoms with van der Waals surface area (Å²) in [4.78, 5) is 14.1. The molecule has 0 spiro atoms. The van der Waals surface area contributed by atoms with Gasteiger partial charge in [0.15, 0.2) is 25.2 Å². The summed E-state index contributed by atoms with van der Waals surface area (Å²) < 4.78 is 49.8. The number of rotatable bonds is 13. The molecule has 0 unspecified atom stereocenters. The summed E-state index contributed by atoms with van der Waals surface area (Å²) in [5.41, 5.74) is -1.60. The summed E-state index contributed by atoms with van der Waals surface area (Å²) in [6.07, 6.45) is -8.38. The van der Waals surface area contributed by atoms with E-state index in [9.17, 15) is 45.6 Å². The molecule has 4 heterocycles. The highest BCUT2D eigenvalue weighted by Crippen LogP contribution is 2.76. The molecule has 4 saturated heterocycles. The molecule has 8 aliphatic rings. The van der Waals surface area contributed by atoms with Crippen LogP contribution in [0, 0.1) is 45.3 Å². The van der Waals surface area contributed by atoms with E-state index in [-0.39, 0.29) is 53.8 Å². The van der Waals surface area contributed by atoms with Crippen LogP contribution in [0.15, 0.2) is 11.6 Å². The van der Waals surface area contributed by atoms with Crippen LogP contribution in [0.25, 0.3) is 0 Å². The Hall–Kier alpha value is -1.23. The standard InChI is InChI=1S/C50H82O17/c1-9-10-19-60-45-50(59,21-27(64-45)20-25(2)3)29-13-16-47(7)28(29)11-12-33-48(47,8)17-14-32-46(5,6)34(15-18-49(32,33)24-51)65-44-41(67-43-39(58)37(56)35(54)26(4)63-43)40(31(53)23-62-44)66-42-38(57)36(55)30(52)22-61-42/h20,24,26-45,52-59H,9-19,21-23H2,1-8H3/t26-,27+,28+,29-,30+,31-,32-,33-,34-,35-,36-,37+,38+,39+,40-,41+,42-,43-,44-,45-,47+,48+,49+,50+/m0/s1. The lowest BCUT2D eigenvalue weighted by Gasteiger charge is -2.69. The van der Waals surface area contributed by atoms with Crippen molar-refractivity contribution in [1.29, 1.82) is 0 Å². The molecule has 0 aromatic carbocycles. The molecule has 0 radical (unpaired) electrons. The van der Waals surface area contributed by atoms with Gasteiger partial charge in [-0.1, -0.05) is 52.7 Å². The van der Waals surface area contributed by atoms with Crippen LogP contribution in [0.2, 0.25) is 0 Å². The third-order valence-electron chi connectivity index (χ3n) is 18.9. The van der Waals surface area contributed by atoms with Crippen molar-refractivity contribution in [2.45, 2.75) is 230 Å². The third kappa shape index (κ3) is 8.85. The van der Waals surface area contributed by atoms with Crippen LogP contribution in [-0.4, -0.2) is 171 Å². The van der Waals surface area contributed by atoms with Crippen LogP contribution in [-0.2, 0) is 42.7 Å². The molecule has 0 bridgehead atoms. The summed E-state index contributed by atoms with van der Waals surface area (Å²) in [7, 11) is 0. The Labute approximate surface area is 395 Å².